The van der Waals surface area contributed by atoms with Crippen LogP contribution in [0.5, 0.6) is 5.75 Å². The first-order chi connectivity index (χ1) is 11.1. The first kappa shape index (κ1) is 17.7. The van der Waals surface area contributed by atoms with Crippen molar-refractivity contribution in [2.45, 2.75) is 18.8 Å². The minimum absolute atomic E-state index is 0.0141. The predicted molar refractivity (Wildman–Crippen MR) is 80.9 cm³/mol. The molecule has 1 aliphatic rings. The predicted octanol–water partition coefficient (Wildman–Crippen LogP) is -2.58. The van der Waals surface area contributed by atoms with Crippen LogP contribution in [-0.4, -0.2) is 40.2 Å². The number of ether oxygens (including phenoxy) is 1. The van der Waals surface area contributed by atoms with Gasteiger partial charge in [0.1, 0.15) is 0 Å². The Hall–Kier alpha value is -1.64. The van der Waals surface area contributed by atoms with Crippen LogP contribution in [0.15, 0.2) is 24.3 Å². The average molecular weight is 431 g/mol. The minimum atomic E-state index is -0.303. The summed E-state index contributed by atoms with van der Waals surface area (Å²) in [6.07, 6.45) is 0.877. The molecule has 1 fully saturated rings. The quantitative estimate of drug-likeness (QED) is 0.215. The van der Waals surface area contributed by atoms with E-state index in [1.54, 1.807) is 24.3 Å². The molecule has 1 heterocycles. The molecule has 3 amide bonds. The summed E-state index contributed by atoms with van der Waals surface area (Å²) >= 11 is 0.194. The van der Waals surface area contributed by atoms with E-state index >= 15 is 0 Å². The van der Waals surface area contributed by atoms with Gasteiger partial charge in [-0.3, -0.25) is 14.9 Å². The number of carbonyl (C=O) groups is 3. The third-order valence-electron chi connectivity index (χ3n) is 3.50. The van der Waals surface area contributed by atoms with Crippen LogP contribution in [-0.2, 0) is 14.4 Å². The molecule has 0 aliphatic carbocycles. The van der Waals surface area contributed by atoms with Gasteiger partial charge in [0, 0.05) is 6.42 Å². The van der Waals surface area contributed by atoms with Gasteiger partial charge < -0.3 is 0 Å². The second kappa shape index (κ2) is 8.85. The van der Waals surface area contributed by atoms with Crippen LogP contribution in [0.2, 0.25) is 0 Å². The van der Waals surface area contributed by atoms with Crippen LogP contribution < -0.4 is 36.6 Å². The molecular weight excluding hydrogens is 411 g/mol. The van der Waals surface area contributed by atoms with Gasteiger partial charge in [0.25, 0.3) is 0 Å². The van der Waals surface area contributed by atoms with Crippen molar-refractivity contribution >= 4 is 17.7 Å². The number of amides is 3. The summed E-state index contributed by atoms with van der Waals surface area (Å²) in [6.45, 7) is 0.695. The molecule has 0 saturated carbocycles. The average Bonchev–Trinajstić information content (AvgIpc) is 2.54. The number of hydrogen-bond acceptors (Lipinski definition) is 4. The Kier molecular flexibility index (Phi) is 6.82. The first-order valence-corrected chi connectivity index (χ1v) is 11.1. The van der Waals surface area contributed by atoms with Gasteiger partial charge in [0.05, 0.1) is 0 Å². The normalized spacial score (nSPS) is 17.7. The Bertz CT molecular complexity index is 574. The number of rotatable bonds is 7. The van der Waals surface area contributed by atoms with Crippen LogP contribution in [0.1, 0.15) is 24.3 Å². The molecule has 7 heteroatoms. The van der Waals surface area contributed by atoms with Gasteiger partial charge in [-0.25, -0.2) is 0 Å². The van der Waals surface area contributed by atoms with Crippen LogP contribution in [0.25, 0.3) is 0 Å². The molecule has 0 spiro atoms. The fourth-order valence-electron chi connectivity index (χ4n) is 2.29. The number of benzene rings is 1. The molecule has 6 nitrogen and oxygen atoms in total. The van der Waals surface area contributed by atoms with Gasteiger partial charge in [0.15, 0.2) is 0 Å². The van der Waals surface area contributed by atoms with Gasteiger partial charge in [0.2, 0.25) is 5.91 Å². The van der Waals surface area contributed by atoms with Crippen LogP contribution in [0, 0.1) is 0 Å². The zero-order valence-corrected chi connectivity index (χ0v) is 15.1. The Morgan fingerprint density at radius 2 is 2.09 bits per heavy atom. The Morgan fingerprint density at radius 1 is 1.35 bits per heavy atom. The van der Waals surface area contributed by atoms with Gasteiger partial charge in [-0.1, -0.05) is 0 Å². The monoisotopic (exact) mass is 431 g/mol. The molecule has 1 saturated heterocycles. The number of nitrogens with one attached hydrogen (secondary N) is 2. The molecular formula is C16H20IN2O4-. The van der Waals surface area contributed by atoms with Crippen LogP contribution in [0.4, 0.5) is 0 Å². The molecule has 1 atom stereocenters. The topological polar surface area (TPSA) is 84.5 Å². The number of alkyl halides is 2. The van der Waals surface area contributed by atoms with E-state index in [1.165, 1.54) is 0 Å². The Balaban J connectivity index is 1.84. The number of carbonyl (C=O) groups excluding carboxylic acids is 3. The van der Waals surface area contributed by atoms with Crippen molar-refractivity contribution in [3.05, 3.63) is 29.8 Å². The Labute approximate surface area is 145 Å². The molecule has 1 aromatic rings. The van der Waals surface area contributed by atoms with Crippen molar-refractivity contribution in [2.24, 2.45) is 0 Å². The van der Waals surface area contributed by atoms with E-state index in [0.717, 1.165) is 9.99 Å². The fourth-order valence-corrected chi connectivity index (χ4v) is 3.10. The van der Waals surface area contributed by atoms with Crippen molar-refractivity contribution in [3.63, 3.8) is 0 Å². The van der Waals surface area contributed by atoms with Gasteiger partial charge in [-0.05, 0) is 0 Å². The van der Waals surface area contributed by atoms with E-state index in [1.807, 2.05) is 0 Å². The second-order valence-electron chi connectivity index (χ2n) is 5.17. The first-order valence-electron chi connectivity index (χ1n) is 7.37. The van der Waals surface area contributed by atoms with Crippen molar-refractivity contribution < 1.29 is 40.3 Å². The molecule has 126 valence electrons. The third-order valence-corrected chi connectivity index (χ3v) is 5.12. The van der Waals surface area contributed by atoms with Gasteiger partial charge in [-0.15, -0.1) is 0 Å². The van der Waals surface area contributed by atoms with Crippen molar-refractivity contribution in [1.82, 2.24) is 10.6 Å². The number of halogens is 1. The van der Waals surface area contributed by atoms with Crippen molar-refractivity contribution in [2.75, 3.05) is 22.5 Å². The van der Waals surface area contributed by atoms with Gasteiger partial charge in [-0.2, -0.15) is 0 Å². The molecule has 23 heavy (non-hydrogen) atoms. The standard InChI is InChI=1S/C16H20IN2O4/c1-17-8-9-18-15(21)10-23-12-4-2-11(3-5-12)13-6-7-14(20)19-16(13)22/h2-5,13H,6-10H2,1H3,(H,18,21)(H,19,20,22)/q-1. The van der Waals surface area contributed by atoms with Crippen LogP contribution in [0.3, 0.4) is 0 Å². The van der Waals surface area contributed by atoms with Crippen molar-refractivity contribution in [1.29, 1.82) is 0 Å². The summed E-state index contributed by atoms with van der Waals surface area (Å²) in [5.74, 6) is -0.325. The van der Waals surface area contributed by atoms with E-state index < -0.39 is 0 Å². The Morgan fingerprint density at radius 3 is 2.74 bits per heavy atom. The molecule has 2 rings (SSSR count). The summed E-state index contributed by atoms with van der Waals surface area (Å²) < 4.78 is 6.49. The summed E-state index contributed by atoms with van der Waals surface area (Å²) in [6, 6.07) is 7.08. The zero-order chi connectivity index (χ0) is 16.7. The molecule has 1 unspecified atom stereocenters. The number of imide groups is 1. The van der Waals surface area contributed by atoms with E-state index in [9.17, 15) is 14.4 Å². The van der Waals surface area contributed by atoms with Crippen LogP contribution >= 0.6 is 0 Å². The summed E-state index contributed by atoms with van der Waals surface area (Å²) in [7, 11) is 0. The SMILES string of the molecule is C[I-]CCNC(=O)COc1ccc(C2CCC(=O)NC2=O)cc1. The van der Waals surface area contributed by atoms with Crippen molar-refractivity contribution in [3.8, 4) is 5.75 Å². The zero-order valence-electron chi connectivity index (χ0n) is 12.9. The molecule has 2 N–H and O–H groups in total. The maximum atomic E-state index is 11.8. The molecule has 1 aliphatic heterocycles. The second-order valence-corrected chi connectivity index (χ2v) is 7.77. The van der Waals surface area contributed by atoms with E-state index in [2.05, 4.69) is 15.6 Å². The number of hydrogen-bond donors (Lipinski definition) is 2. The summed E-state index contributed by atoms with van der Waals surface area (Å²) in [5, 5.41) is 5.15. The summed E-state index contributed by atoms with van der Waals surface area (Å²) in [5.41, 5.74) is 0.846. The van der Waals surface area contributed by atoms with Gasteiger partial charge >= 0.3 is 118 Å². The summed E-state index contributed by atoms with van der Waals surface area (Å²) in [4.78, 5) is 36.7. The van der Waals surface area contributed by atoms with E-state index in [-0.39, 0.29) is 51.5 Å². The fraction of sp³-hybridized carbons (Fsp3) is 0.438. The van der Waals surface area contributed by atoms with E-state index in [4.69, 9.17) is 4.74 Å². The molecule has 0 bridgehead atoms. The maximum absolute atomic E-state index is 11.8. The molecule has 0 radical (unpaired) electrons. The third kappa shape index (κ3) is 5.49. The molecule has 0 aromatic heterocycles. The molecule has 1 aromatic carbocycles. The number of piperidine rings is 1. The van der Waals surface area contributed by atoms with E-state index in [0.29, 0.717) is 25.1 Å².